The number of rotatable bonds is 2. The maximum absolute atomic E-state index is 13.2. The van der Waals surface area contributed by atoms with Gasteiger partial charge in [-0.2, -0.15) is 18.3 Å². The van der Waals surface area contributed by atoms with E-state index in [-0.39, 0.29) is 22.2 Å². The largest absolute Gasteiger partial charge is 0.433 e. The van der Waals surface area contributed by atoms with Gasteiger partial charge in [0.25, 0.3) is 12.0 Å². The molecule has 0 unspecified atom stereocenters. The summed E-state index contributed by atoms with van der Waals surface area (Å²) in [6.45, 7) is 0. The molecule has 0 saturated heterocycles. The lowest BCUT2D eigenvalue weighted by atomic mass is 10.1. The van der Waals surface area contributed by atoms with Crippen LogP contribution < -0.4 is 5.56 Å². The average Bonchev–Trinajstić information content (AvgIpc) is 3.03. The first-order chi connectivity index (χ1) is 13.2. The van der Waals surface area contributed by atoms with E-state index in [1.807, 2.05) is 0 Å². The minimum Gasteiger partial charge on any atom is -0.274 e. The molecule has 0 atom stereocenters. The topological polar surface area (TPSA) is 65.6 Å². The molecule has 0 aliphatic rings. The summed E-state index contributed by atoms with van der Waals surface area (Å²) in [6, 6.07) is 2.95. The Morgan fingerprint density at radius 1 is 1.11 bits per heavy atom. The molecular weight excluding hydrogens is 385 g/mol. The second-order valence-corrected chi connectivity index (χ2v) is 6.05. The first-order valence-corrected chi connectivity index (χ1v) is 7.86. The van der Waals surface area contributed by atoms with Crippen LogP contribution in [0.2, 0.25) is 0 Å². The lowest BCUT2D eigenvalue weighted by Crippen LogP contribution is -2.21. The van der Waals surface area contributed by atoms with E-state index in [1.165, 1.54) is 16.9 Å². The lowest BCUT2D eigenvalue weighted by molar-refractivity contribution is -0.141. The van der Waals surface area contributed by atoms with Crippen molar-refractivity contribution in [2.24, 2.45) is 7.05 Å². The van der Waals surface area contributed by atoms with Crippen LogP contribution in [-0.2, 0) is 13.2 Å². The van der Waals surface area contributed by atoms with Crippen LogP contribution in [0.3, 0.4) is 0 Å². The summed E-state index contributed by atoms with van der Waals surface area (Å²) in [5, 5.41) is 4.57. The Labute approximate surface area is 152 Å². The minimum absolute atomic E-state index is 0.0287. The molecular formula is C17H10F5N5O. The maximum atomic E-state index is 13.2. The molecule has 0 N–H and O–H groups in total. The van der Waals surface area contributed by atoms with Gasteiger partial charge in [-0.15, -0.1) is 0 Å². The summed E-state index contributed by atoms with van der Waals surface area (Å²) in [5.74, 6) is 0. The van der Waals surface area contributed by atoms with Crippen molar-refractivity contribution in [1.82, 2.24) is 24.3 Å². The fourth-order valence-corrected chi connectivity index (χ4v) is 2.96. The zero-order valence-electron chi connectivity index (χ0n) is 14.1. The van der Waals surface area contributed by atoms with Crippen molar-refractivity contribution < 1.29 is 22.0 Å². The van der Waals surface area contributed by atoms with Crippen LogP contribution in [0.4, 0.5) is 22.0 Å². The Balaban J connectivity index is 2.17. The molecule has 0 saturated carbocycles. The van der Waals surface area contributed by atoms with Gasteiger partial charge in [0, 0.05) is 35.8 Å². The van der Waals surface area contributed by atoms with Crippen molar-refractivity contribution in [1.29, 1.82) is 0 Å². The summed E-state index contributed by atoms with van der Waals surface area (Å²) < 4.78 is 67.7. The molecule has 4 rings (SSSR count). The normalized spacial score (nSPS) is 12.4. The number of hydrogen-bond donors (Lipinski definition) is 0. The van der Waals surface area contributed by atoms with Gasteiger partial charge in [0.1, 0.15) is 11.3 Å². The number of pyridine rings is 3. The molecule has 0 spiro atoms. The Morgan fingerprint density at radius 3 is 2.54 bits per heavy atom. The van der Waals surface area contributed by atoms with Gasteiger partial charge < -0.3 is 0 Å². The Morgan fingerprint density at radius 2 is 1.86 bits per heavy atom. The van der Waals surface area contributed by atoms with Crippen molar-refractivity contribution >= 4 is 21.9 Å². The molecule has 0 aliphatic carbocycles. The number of fused-ring (bicyclic) bond motifs is 3. The quantitative estimate of drug-likeness (QED) is 0.487. The number of aromatic nitrogens is 5. The Hall–Kier alpha value is -3.37. The van der Waals surface area contributed by atoms with Crippen LogP contribution in [0, 0.1) is 0 Å². The van der Waals surface area contributed by atoms with Crippen LogP contribution in [-0.4, -0.2) is 24.3 Å². The van der Waals surface area contributed by atoms with E-state index in [4.69, 9.17) is 0 Å². The third-order valence-corrected chi connectivity index (χ3v) is 4.16. The van der Waals surface area contributed by atoms with Crippen LogP contribution in [0.1, 0.15) is 17.7 Å². The van der Waals surface area contributed by atoms with E-state index >= 15 is 0 Å². The Bertz CT molecular complexity index is 1270. The van der Waals surface area contributed by atoms with E-state index in [2.05, 4.69) is 15.1 Å². The number of alkyl halides is 5. The van der Waals surface area contributed by atoms with E-state index in [1.54, 1.807) is 7.05 Å². The third-order valence-electron chi connectivity index (χ3n) is 4.16. The molecule has 4 aromatic rings. The molecule has 28 heavy (non-hydrogen) atoms. The van der Waals surface area contributed by atoms with Gasteiger partial charge >= 0.3 is 6.18 Å². The van der Waals surface area contributed by atoms with Crippen molar-refractivity contribution in [3.63, 3.8) is 0 Å². The van der Waals surface area contributed by atoms with Gasteiger partial charge in [0.05, 0.1) is 11.9 Å². The summed E-state index contributed by atoms with van der Waals surface area (Å²) in [4.78, 5) is 20.2. The summed E-state index contributed by atoms with van der Waals surface area (Å²) in [7, 11) is 1.55. The molecule has 0 aliphatic heterocycles. The highest BCUT2D eigenvalue weighted by atomic mass is 19.4. The average molecular weight is 395 g/mol. The van der Waals surface area contributed by atoms with Gasteiger partial charge in [-0.05, 0) is 18.2 Å². The van der Waals surface area contributed by atoms with Crippen molar-refractivity contribution in [3.8, 4) is 5.69 Å². The van der Waals surface area contributed by atoms with E-state index in [0.29, 0.717) is 5.39 Å². The number of nitrogens with zero attached hydrogens (tertiary/aromatic N) is 5. The summed E-state index contributed by atoms with van der Waals surface area (Å²) >= 11 is 0. The molecule has 144 valence electrons. The van der Waals surface area contributed by atoms with Gasteiger partial charge in [-0.3, -0.25) is 19.0 Å². The first kappa shape index (κ1) is 18.0. The number of hydrogen-bond acceptors (Lipinski definition) is 4. The zero-order valence-corrected chi connectivity index (χ0v) is 14.1. The van der Waals surface area contributed by atoms with Crippen LogP contribution >= 0.6 is 0 Å². The highest BCUT2D eigenvalue weighted by Crippen LogP contribution is 2.31. The molecule has 6 nitrogen and oxygen atoms in total. The first-order valence-electron chi connectivity index (χ1n) is 7.86. The fraction of sp³-hybridized carbons (Fsp3) is 0.176. The predicted octanol–water partition coefficient (Wildman–Crippen LogP) is 3.62. The highest BCUT2D eigenvalue weighted by Gasteiger charge is 2.33. The second kappa shape index (κ2) is 6.08. The number of halogens is 5. The van der Waals surface area contributed by atoms with Crippen molar-refractivity contribution in [2.45, 2.75) is 12.6 Å². The molecule has 0 aromatic carbocycles. The molecule has 0 fully saturated rings. The molecule has 11 heteroatoms. The fourth-order valence-electron chi connectivity index (χ4n) is 2.96. The van der Waals surface area contributed by atoms with Gasteiger partial charge in [-0.1, -0.05) is 0 Å². The predicted molar refractivity (Wildman–Crippen MR) is 89.4 cm³/mol. The third kappa shape index (κ3) is 2.79. The standard InChI is InChI=1S/C17H10F5N5O/c1-26-7-11-10-2-3-12(17(20,21)22)24-15(10)27(16(28)13(11)25-26)9-4-8(14(18)19)5-23-6-9/h2-7,14H,1H3. The van der Waals surface area contributed by atoms with Crippen molar-refractivity contribution in [3.05, 3.63) is 58.4 Å². The minimum atomic E-state index is -4.75. The van der Waals surface area contributed by atoms with Crippen LogP contribution in [0.5, 0.6) is 0 Å². The monoisotopic (exact) mass is 395 g/mol. The number of aryl methyl sites for hydroxylation is 1. The second-order valence-electron chi connectivity index (χ2n) is 6.05. The van der Waals surface area contributed by atoms with E-state index in [0.717, 1.165) is 29.1 Å². The van der Waals surface area contributed by atoms with E-state index < -0.39 is 29.4 Å². The van der Waals surface area contributed by atoms with Gasteiger partial charge in [0.15, 0.2) is 5.52 Å². The smallest absolute Gasteiger partial charge is 0.274 e. The highest BCUT2D eigenvalue weighted by molar-refractivity contribution is 6.03. The molecule has 4 heterocycles. The van der Waals surface area contributed by atoms with Gasteiger partial charge in [0.2, 0.25) is 0 Å². The Kier molecular flexibility index (Phi) is 3.91. The zero-order chi connectivity index (χ0) is 20.2. The lowest BCUT2D eigenvalue weighted by Gasteiger charge is -2.13. The molecule has 4 aromatic heterocycles. The van der Waals surface area contributed by atoms with Crippen LogP contribution in [0.25, 0.3) is 27.6 Å². The van der Waals surface area contributed by atoms with Crippen molar-refractivity contribution in [2.75, 3.05) is 0 Å². The summed E-state index contributed by atoms with van der Waals surface area (Å²) in [6.07, 6.45) is -4.13. The van der Waals surface area contributed by atoms with Crippen LogP contribution in [0.15, 0.2) is 41.6 Å². The maximum Gasteiger partial charge on any atom is 0.433 e. The summed E-state index contributed by atoms with van der Waals surface area (Å²) in [5.41, 5.74) is -2.97. The molecule has 0 radical (unpaired) electrons. The SMILES string of the molecule is Cn1cc2c(n1)c(=O)n(-c1cncc(C(F)F)c1)c1nc(C(F)(F)F)ccc21. The molecule has 0 amide bonds. The van der Waals surface area contributed by atoms with Gasteiger partial charge in [-0.25, -0.2) is 13.8 Å². The van der Waals surface area contributed by atoms with E-state index in [9.17, 15) is 26.7 Å². The molecule has 0 bridgehead atoms.